The molecule has 0 radical (unpaired) electrons. The van der Waals surface area contributed by atoms with Gasteiger partial charge in [0.05, 0.1) is 22.2 Å². The van der Waals surface area contributed by atoms with Crippen molar-refractivity contribution in [2.24, 2.45) is 0 Å². The van der Waals surface area contributed by atoms with E-state index in [1.165, 1.54) is 0 Å². The maximum atomic E-state index is 12.9. The van der Waals surface area contributed by atoms with Gasteiger partial charge in [-0.05, 0) is 37.1 Å². The van der Waals surface area contributed by atoms with Gasteiger partial charge in [-0.3, -0.25) is 9.78 Å². The van der Waals surface area contributed by atoms with Crippen LogP contribution in [0.25, 0.3) is 22.2 Å². The van der Waals surface area contributed by atoms with Crippen molar-refractivity contribution >= 4 is 33.8 Å². The van der Waals surface area contributed by atoms with Gasteiger partial charge in [-0.25, -0.2) is 9.78 Å². The number of carbonyl (C=O) groups is 1. The monoisotopic (exact) mass is 352 g/mol. The molecule has 3 aromatic heterocycles. The summed E-state index contributed by atoms with van der Waals surface area (Å²) in [5.74, 6) is -0.722. The Morgan fingerprint density at radius 1 is 1.27 bits per heavy atom. The third-order valence-corrected chi connectivity index (χ3v) is 4.15. The molecule has 132 valence electrons. The number of carbonyl (C=O) groups excluding carboxylic acids is 1. The molecule has 0 bridgehead atoms. The lowest BCUT2D eigenvalue weighted by atomic mass is 10.0. The molecule has 8 heteroatoms. The molecule has 0 aliphatic heterocycles. The third-order valence-electron chi connectivity index (χ3n) is 4.15. The maximum absolute atomic E-state index is 12.9. The van der Waals surface area contributed by atoms with Crippen molar-refractivity contribution in [1.29, 1.82) is 0 Å². The maximum Gasteiger partial charge on any atom is 0.417 e. The molecule has 0 aliphatic rings. The van der Waals surface area contributed by atoms with Gasteiger partial charge in [0.1, 0.15) is 0 Å². The van der Waals surface area contributed by atoms with Gasteiger partial charge in [-0.2, -0.15) is 0 Å². The second kappa shape index (κ2) is 5.83. The number of oxazole rings is 1. The van der Waals surface area contributed by atoms with Crippen molar-refractivity contribution in [2.75, 3.05) is 5.32 Å². The predicted octanol–water partition coefficient (Wildman–Crippen LogP) is 3.34. The van der Waals surface area contributed by atoms with Crippen LogP contribution in [0, 0.1) is 6.92 Å². The third kappa shape index (κ3) is 2.65. The Balaban J connectivity index is 1.76. The van der Waals surface area contributed by atoms with Gasteiger partial charge in [-0.15, -0.1) is 0 Å². The summed E-state index contributed by atoms with van der Waals surface area (Å²) in [4.78, 5) is 31.1. The van der Waals surface area contributed by atoms with Crippen LogP contribution in [0.3, 0.4) is 0 Å². The van der Waals surface area contributed by atoms with Crippen LogP contribution in [-0.4, -0.2) is 21.0 Å². The van der Waals surface area contributed by atoms with Crippen molar-refractivity contribution in [3.63, 3.8) is 0 Å². The van der Waals surface area contributed by atoms with E-state index < -0.39 is 5.76 Å². The van der Waals surface area contributed by atoms with Gasteiger partial charge in [0.2, 0.25) is 0 Å². The first kappa shape index (κ1) is 16.1. The van der Waals surface area contributed by atoms with E-state index in [1.54, 1.807) is 31.2 Å². The standard InChI is InChI=1S/C18H16N4O4/c1-8(2)12-7-11(15-9(3)22-26-17(15)20-12)16(23)19-10-4-5-14-13(6-10)21-18(24)25-14/h4-8H,1-3H3,(H,19,23)(H,21,24). The number of nitrogens with zero attached hydrogens (tertiary/aromatic N) is 2. The van der Waals surface area contributed by atoms with Crippen LogP contribution < -0.4 is 11.1 Å². The Morgan fingerprint density at radius 2 is 2.08 bits per heavy atom. The lowest BCUT2D eigenvalue weighted by Crippen LogP contribution is -2.13. The molecular formula is C18H16N4O4. The van der Waals surface area contributed by atoms with Crippen LogP contribution in [0.4, 0.5) is 5.69 Å². The number of hydrogen-bond acceptors (Lipinski definition) is 6. The minimum atomic E-state index is -0.541. The van der Waals surface area contributed by atoms with E-state index in [9.17, 15) is 9.59 Å². The molecule has 0 aliphatic carbocycles. The highest BCUT2D eigenvalue weighted by atomic mass is 16.5. The smallest absolute Gasteiger partial charge is 0.408 e. The SMILES string of the molecule is Cc1noc2nc(C(C)C)cc(C(=O)Nc3ccc4oc(=O)[nH]c4c3)c12. The zero-order valence-corrected chi connectivity index (χ0v) is 14.4. The minimum Gasteiger partial charge on any atom is -0.408 e. The van der Waals surface area contributed by atoms with Gasteiger partial charge < -0.3 is 14.3 Å². The Morgan fingerprint density at radius 3 is 2.85 bits per heavy atom. The lowest BCUT2D eigenvalue weighted by molar-refractivity contribution is 0.102. The van der Waals surface area contributed by atoms with Crippen molar-refractivity contribution in [1.82, 2.24) is 15.1 Å². The van der Waals surface area contributed by atoms with Crippen LogP contribution >= 0.6 is 0 Å². The molecule has 0 saturated heterocycles. The van der Waals surface area contributed by atoms with Gasteiger partial charge in [0, 0.05) is 11.4 Å². The fraction of sp³-hybridized carbons (Fsp3) is 0.222. The number of rotatable bonds is 3. The number of aromatic nitrogens is 3. The van der Waals surface area contributed by atoms with E-state index in [4.69, 9.17) is 8.94 Å². The number of benzene rings is 1. The van der Waals surface area contributed by atoms with E-state index in [0.717, 1.165) is 5.69 Å². The summed E-state index contributed by atoms with van der Waals surface area (Å²) in [5, 5.41) is 7.34. The van der Waals surface area contributed by atoms with Gasteiger partial charge >= 0.3 is 5.76 Å². The highest BCUT2D eigenvalue weighted by Crippen LogP contribution is 2.26. The van der Waals surface area contributed by atoms with Crippen LogP contribution in [0.1, 0.15) is 41.5 Å². The first-order chi connectivity index (χ1) is 12.4. The Bertz CT molecular complexity index is 1200. The van der Waals surface area contributed by atoms with E-state index >= 15 is 0 Å². The number of anilines is 1. The van der Waals surface area contributed by atoms with E-state index in [1.807, 2.05) is 13.8 Å². The van der Waals surface area contributed by atoms with Crippen molar-refractivity contribution < 1.29 is 13.7 Å². The predicted molar refractivity (Wildman–Crippen MR) is 95.4 cm³/mol. The van der Waals surface area contributed by atoms with Crippen molar-refractivity contribution in [3.8, 4) is 0 Å². The molecule has 4 rings (SSSR count). The fourth-order valence-electron chi connectivity index (χ4n) is 2.82. The number of aromatic amines is 1. The van der Waals surface area contributed by atoms with Crippen molar-refractivity contribution in [2.45, 2.75) is 26.7 Å². The first-order valence-electron chi connectivity index (χ1n) is 8.13. The van der Waals surface area contributed by atoms with Gasteiger partial charge in [-0.1, -0.05) is 19.0 Å². The topological polar surface area (TPSA) is 114 Å². The molecular weight excluding hydrogens is 336 g/mol. The first-order valence-corrected chi connectivity index (χ1v) is 8.13. The molecule has 0 spiro atoms. The van der Waals surface area contributed by atoms with Gasteiger partial charge in [0.25, 0.3) is 11.6 Å². The molecule has 0 saturated carbocycles. The summed E-state index contributed by atoms with van der Waals surface area (Å²) in [6.07, 6.45) is 0. The normalized spacial score (nSPS) is 11.5. The average molecular weight is 352 g/mol. The second-order valence-corrected chi connectivity index (χ2v) is 6.38. The summed E-state index contributed by atoms with van der Waals surface area (Å²) in [6.45, 7) is 5.74. The number of amides is 1. The zero-order valence-electron chi connectivity index (χ0n) is 14.4. The minimum absolute atomic E-state index is 0.128. The van der Waals surface area contributed by atoms with Crippen molar-refractivity contribution in [3.05, 3.63) is 51.8 Å². The Labute approximate surface area is 147 Å². The molecule has 0 atom stereocenters. The largest absolute Gasteiger partial charge is 0.417 e. The summed E-state index contributed by atoms with van der Waals surface area (Å²) in [5.41, 5.74) is 3.60. The lowest BCUT2D eigenvalue weighted by Gasteiger charge is -2.09. The van der Waals surface area contributed by atoms with E-state index in [2.05, 4.69) is 20.4 Å². The second-order valence-electron chi connectivity index (χ2n) is 6.38. The number of fused-ring (bicyclic) bond motifs is 2. The summed E-state index contributed by atoms with van der Waals surface area (Å²) < 4.78 is 10.2. The summed E-state index contributed by atoms with van der Waals surface area (Å²) in [7, 11) is 0. The molecule has 0 fully saturated rings. The quantitative estimate of drug-likeness (QED) is 0.584. The number of hydrogen-bond donors (Lipinski definition) is 2. The fourth-order valence-corrected chi connectivity index (χ4v) is 2.82. The average Bonchev–Trinajstić information content (AvgIpc) is 3.15. The number of pyridine rings is 1. The van der Waals surface area contributed by atoms with E-state index in [-0.39, 0.29) is 11.8 Å². The highest BCUT2D eigenvalue weighted by molar-refractivity contribution is 6.12. The van der Waals surface area contributed by atoms with Crippen LogP contribution in [0.5, 0.6) is 0 Å². The summed E-state index contributed by atoms with van der Waals surface area (Å²) >= 11 is 0. The zero-order chi connectivity index (χ0) is 18.4. The van der Waals surface area contributed by atoms with Crippen LogP contribution in [-0.2, 0) is 0 Å². The molecule has 26 heavy (non-hydrogen) atoms. The van der Waals surface area contributed by atoms with Crippen LogP contribution in [0.2, 0.25) is 0 Å². The molecule has 8 nitrogen and oxygen atoms in total. The molecule has 1 amide bonds. The number of nitrogens with one attached hydrogen (secondary N) is 2. The van der Waals surface area contributed by atoms with E-state index in [0.29, 0.717) is 39.1 Å². The number of aryl methyl sites for hydroxylation is 1. The van der Waals surface area contributed by atoms with Gasteiger partial charge in [0.15, 0.2) is 5.58 Å². The Hall–Kier alpha value is -3.42. The highest BCUT2D eigenvalue weighted by Gasteiger charge is 2.20. The Kier molecular flexibility index (Phi) is 3.61. The molecule has 2 N–H and O–H groups in total. The molecule has 0 unspecified atom stereocenters. The molecule has 4 aromatic rings. The number of H-pyrrole nitrogens is 1. The molecule has 3 heterocycles. The van der Waals surface area contributed by atoms with Crippen LogP contribution in [0.15, 0.2) is 38.0 Å². The summed E-state index contributed by atoms with van der Waals surface area (Å²) in [6, 6.07) is 6.68. The molecule has 1 aromatic carbocycles.